The van der Waals surface area contributed by atoms with Crippen LogP contribution < -0.4 is 26.2 Å². The highest BCUT2D eigenvalue weighted by molar-refractivity contribution is 7.00. The maximum atomic E-state index is 6.34. The van der Waals surface area contributed by atoms with E-state index in [0.29, 0.717) is 0 Å². The molecule has 0 unspecified atom stereocenters. The van der Waals surface area contributed by atoms with Crippen LogP contribution in [0.5, 0.6) is 0 Å². The van der Waals surface area contributed by atoms with Gasteiger partial charge in [-0.2, -0.15) is 0 Å². The van der Waals surface area contributed by atoms with Crippen LogP contribution >= 0.6 is 0 Å². The lowest BCUT2D eigenvalue weighted by Gasteiger charge is -2.44. The predicted octanol–water partition coefficient (Wildman–Crippen LogP) is 13.9. The zero-order valence-electron chi connectivity index (χ0n) is 33.6. The molecule has 62 heavy (non-hydrogen) atoms. The van der Waals surface area contributed by atoms with E-state index in [1.54, 1.807) is 0 Å². The Morgan fingerprint density at radius 1 is 0.306 bits per heavy atom. The fourth-order valence-corrected chi connectivity index (χ4v) is 10.7. The molecule has 3 nitrogen and oxygen atoms in total. The SMILES string of the molecule is c1ccc(N2c3cc4cc5ccccc5cc4cc3B3c4cc5cc6ccccc6cc5cc4N(c4ccccc4)c4cc(-c5ccc6oc7ccccc7c6c5)cc2c43)cc1. The van der Waals surface area contributed by atoms with Crippen molar-refractivity contribution in [3.8, 4) is 11.1 Å². The molecular formula is C58H35BN2O. The zero-order chi connectivity index (χ0) is 40.5. The van der Waals surface area contributed by atoms with Gasteiger partial charge in [-0.1, -0.05) is 121 Å². The van der Waals surface area contributed by atoms with Crippen molar-refractivity contribution in [2.45, 2.75) is 0 Å². The third-order valence-electron chi connectivity index (χ3n) is 13.5. The van der Waals surface area contributed by atoms with Crippen LogP contribution in [0.15, 0.2) is 217 Å². The Morgan fingerprint density at radius 3 is 1.29 bits per heavy atom. The molecule has 0 N–H and O–H groups in total. The van der Waals surface area contributed by atoms with Gasteiger partial charge in [-0.15, -0.1) is 0 Å². The summed E-state index contributed by atoms with van der Waals surface area (Å²) in [6.07, 6.45) is 0. The minimum Gasteiger partial charge on any atom is -0.456 e. The van der Waals surface area contributed by atoms with Gasteiger partial charge in [-0.05, 0) is 162 Å². The van der Waals surface area contributed by atoms with Gasteiger partial charge in [0.25, 0.3) is 6.71 Å². The number of hydrogen-bond donors (Lipinski definition) is 0. The number of rotatable bonds is 3. The van der Waals surface area contributed by atoms with Crippen LogP contribution in [0.4, 0.5) is 34.1 Å². The van der Waals surface area contributed by atoms with Gasteiger partial charge < -0.3 is 14.2 Å². The summed E-state index contributed by atoms with van der Waals surface area (Å²) >= 11 is 0. The second-order valence-electron chi connectivity index (χ2n) is 16.9. The molecule has 0 radical (unpaired) electrons. The van der Waals surface area contributed by atoms with E-state index in [0.717, 1.165) is 44.4 Å². The molecule has 2 aliphatic heterocycles. The van der Waals surface area contributed by atoms with E-state index in [9.17, 15) is 0 Å². The molecule has 0 amide bonds. The minimum absolute atomic E-state index is 0.0361. The smallest absolute Gasteiger partial charge is 0.252 e. The summed E-state index contributed by atoms with van der Waals surface area (Å²) in [5, 5.41) is 12.2. The average molecular weight is 787 g/mol. The lowest BCUT2D eigenvalue weighted by atomic mass is 9.33. The molecule has 0 aliphatic carbocycles. The summed E-state index contributed by atoms with van der Waals surface area (Å²) in [5.41, 5.74) is 15.0. The van der Waals surface area contributed by atoms with E-state index in [-0.39, 0.29) is 6.71 Å². The van der Waals surface area contributed by atoms with Crippen molar-refractivity contribution in [3.63, 3.8) is 0 Å². The highest BCUT2D eigenvalue weighted by Crippen LogP contribution is 2.48. The molecule has 12 aromatic rings. The molecule has 0 saturated heterocycles. The molecule has 11 aromatic carbocycles. The molecule has 0 bridgehead atoms. The molecular weight excluding hydrogens is 751 g/mol. The zero-order valence-corrected chi connectivity index (χ0v) is 33.6. The van der Waals surface area contributed by atoms with Crippen LogP contribution in [0, 0.1) is 0 Å². The van der Waals surface area contributed by atoms with E-state index in [1.807, 2.05) is 6.07 Å². The van der Waals surface area contributed by atoms with Crippen LogP contribution in [0.3, 0.4) is 0 Å². The number of anilines is 6. The number of fused-ring (bicyclic) bond motifs is 11. The number of hydrogen-bond acceptors (Lipinski definition) is 3. The van der Waals surface area contributed by atoms with Crippen molar-refractivity contribution in [1.29, 1.82) is 0 Å². The predicted molar refractivity (Wildman–Crippen MR) is 263 cm³/mol. The maximum Gasteiger partial charge on any atom is 0.252 e. The molecule has 3 heterocycles. The Labute approximate surface area is 358 Å². The Bertz CT molecular complexity index is 3650. The topological polar surface area (TPSA) is 19.6 Å². The highest BCUT2D eigenvalue weighted by atomic mass is 16.3. The number of benzene rings is 11. The molecule has 0 atom stereocenters. The number of nitrogens with zero attached hydrogens (tertiary/aromatic N) is 2. The van der Waals surface area contributed by atoms with Gasteiger partial charge in [-0.25, -0.2) is 0 Å². The van der Waals surface area contributed by atoms with Gasteiger partial charge in [0, 0.05) is 44.9 Å². The van der Waals surface area contributed by atoms with E-state index in [2.05, 4.69) is 216 Å². The normalized spacial score (nSPS) is 13.1. The molecule has 0 saturated carbocycles. The minimum atomic E-state index is -0.0361. The van der Waals surface area contributed by atoms with Crippen LogP contribution in [0.1, 0.15) is 0 Å². The first kappa shape index (κ1) is 33.7. The van der Waals surface area contributed by atoms with Gasteiger partial charge in [0.1, 0.15) is 11.2 Å². The van der Waals surface area contributed by atoms with Gasteiger partial charge in [0.15, 0.2) is 0 Å². The Hall–Kier alpha value is -8.08. The van der Waals surface area contributed by atoms with E-state index in [1.165, 1.54) is 82.2 Å². The summed E-state index contributed by atoms with van der Waals surface area (Å²) in [4.78, 5) is 5.05. The summed E-state index contributed by atoms with van der Waals surface area (Å²) in [6, 6.07) is 78.6. The quantitative estimate of drug-likeness (QED) is 0.131. The standard InChI is InChI=1S/C58H35BN2O/c1-3-17-46(18-4-1)60-52-32-43-27-38-15-9-7-13-36(38)25-41(43)30-50(52)59-51-31-42-26-37-14-8-10-16-39(37)28-44(42)33-53(51)61(47-19-5-2-6-20-47)55-35-45(34-54(60)58(55)59)40-23-24-57-49(29-40)48-21-11-12-22-56(48)62-57/h1-35H. The fourth-order valence-electron chi connectivity index (χ4n) is 10.7. The van der Waals surface area contributed by atoms with Crippen molar-refractivity contribution in [1.82, 2.24) is 0 Å². The van der Waals surface area contributed by atoms with E-state index < -0.39 is 0 Å². The van der Waals surface area contributed by atoms with Crippen molar-refractivity contribution >= 4 is 122 Å². The number of furan rings is 1. The molecule has 2 aliphatic rings. The van der Waals surface area contributed by atoms with Gasteiger partial charge >= 0.3 is 0 Å². The first-order chi connectivity index (χ1) is 30.7. The fraction of sp³-hybridized carbons (Fsp3) is 0. The van der Waals surface area contributed by atoms with Crippen LogP contribution in [0.25, 0.3) is 76.2 Å². The van der Waals surface area contributed by atoms with Crippen LogP contribution in [0.2, 0.25) is 0 Å². The summed E-state index contributed by atoms with van der Waals surface area (Å²) in [6.45, 7) is -0.0361. The first-order valence-corrected chi connectivity index (χ1v) is 21.4. The van der Waals surface area contributed by atoms with Gasteiger partial charge in [-0.3, -0.25) is 0 Å². The van der Waals surface area contributed by atoms with Crippen molar-refractivity contribution in [3.05, 3.63) is 212 Å². The first-order valence-electron chi connectivity index (χ1n) is 21.4. The second-order valence-corrected chi connectivity index (χ2v) is 16.9. The summed E-state index contributed by atoms with van der Waals surface area (Å²) in [7, 11) is 0. The van der Waals surface area contributed by atoms with Gasteiger partial charge in [0.2, 0.25) is 0 Å². The molecule has 14 rings (SSSR count). The molecule has 0 fully saturated rings. The van der Waals surface area contributed by atoms with Crippen molar-refractivity contribution in [2.75, 3.05) is 9.80 Å². The monoisotopic (exact) mass is 786 g/mol. The third-order valence-corrected chi connectivity index (χ3v) is 13.5. The average Bonchev–Trinajstić information content (AvgIpc) is 3.70. The Kier molecular flexibility index (Phi) is 6.92. The summed E-state index contributed by atoms with van der Waals surface area (Å²) < 4.78 is 6.34. The molecule has 4 heteroatoms. The lowest BCUT2D eigenvalue weighted by Crippen LogP contribution is -2.61. The summed E-state index contributed by atoms with van der Waals surface area (Å²) in [5.74, 6) is 0. The third kappa shape index (κ3) is 4.89. The highest BCUT2D eigenvalue weighted by Gasteiger charge is 2.44. The van der Waals surface area contributed by atoms with Crippen molar-refractivity contribution < 1.29 is 4.42 Å². The lowest BCUT2D eigenvalue weighted by molar-refractivity contribution is 0.669. The van der Waals surface area contributed by atoms with E-state index in [4.69, 9.17) is 4.42 Å². The van der Waals surface area contributed by atoms with Gasteiger partial charge in [0.05, 0.1) is 0 Å². The van der Waals surface area contributed by atoms with Crippen molar-refractivity contribution in [2.24, 2.45) is 0 Å². The second kappa shape index (κ2) is 12.7. The molecule has 286 valence electrons. The largest absolute Gasteiger partial charge is 0.456 e. The van der Waals surface area contributed by atoms with Crippen LogP contribution in [-0.2, 0) is 0 Å². The Balaban J connectivity index is 1.13. The molecule has 1 aromatic heterocycles. The van der Waals surface area contributed by atoms with E-state index >= 15 is 0 Å². The van der Waals surface area contributed by atoms with Crippen LogP contribution in [-0.4, -0.2) is 6.71 Å². The molecule has 0 spiro atoms. The Morgan fingerprint density at radius 2 is 0.758 bits per heavy atom. The maximum absolute atomic E-state index is 6.34. The number of para-hydroxylation sites is 3.